The average Bonchev–Trinajstić information content (AvgIpc) is 2.70. The first-order valence-electron chi connectivity index (χ1n) is 9.05. The van der Waals surface area contributed by atoms with Crippen LogP contribution in [-0.2, 0) is 16.1 Å². The number of carbonyl (C=O) groups excluding carboxylic acids is 1. The van der Waals surface area contributed by atoms with Crippen LogP contribution in [0.25, 0.3) is 0 Å². The number of likely N-dealkylation sites (N-methyl/N-ethyl adjacent to an activating group) is 2. The molecule has 1 saturated heterocycles. The summed E-state index contributed by atoms with van der Waals surface area (Å²) in [6.07, 6.45) is 0. The van der Waals surface area contributed by atoms with Gasteiger partial charge in [0, 0.05) is 45.1 Å². The lowest BCUT2D eigenvalue weighted by atomic mass is 10.1. The Bertz CT molecular complexity index is 697. The average molecular weight is 353 g/mol. The van der Waals surface area contributed by atoms with Gasteiger partial charge < -0.3 is 19.4 Å². The molecule has 0 saturated carbocycles. The molecule has 1 heterocycles. The molecule has 0 N–H and O–H groups in total. The summed E-state index contributed by atoms with van der Waals surface area (Å²) in [6.45, 7) is 4.42. The van der Waals surface area contributed by atoms with Crippen molar-refractivity contribution in [3.63, 3.8) is 0 Å². The fraction of sp³-hybridized carbons (Fsp3) is 0.381. The molecule has 1 aliphatic heterocycles. The van der Waals surface area contributed by atoms with E-state index in [2.05, 4.69) is 29.2 Å². The molecule has 3 rings (SSSR count). The summed E-state index contributed by atoms with van der Waals surface area (Å²) in [5, 5.41) is 0. The zero-order chi connectivity index (χ0) is 18.4. The predicted octanol–water partition coefficient (Wildman–Crippen LogP) is 2.62. The van der Waals surface area contributed by atoms with E-state index in [1.165, 1.54) is 5.69 Å². The van der Waals surface area contributed by atoms with Crippen molar-refractivity contribution < 1.29 is 9.53 Å². The highest BCUT2D eigenvalue weighted by molar-refractivity contribution is 5.81. The number of nitrogens with zero attached hydrogens (tertiary/aromatic N) is 3. The number of hydrogen-bond donors (Lipinski definition) is 0. The second-order valence-electron chi connectivity index (χ2n) is 6.71. The first-order chi connectivity index (χ1) is 12.6. The Hall–Kier alpha value is -2.53. The first kappa shape index (κ1) is 18.3. The van der Waals surface area contributed by atoms with Crippen LogP contribution >= 0.6 is 0 Å². The number of benzene rings is 2. The molecule has 0 atom stereocenters. The van der Waals surface area contributed by atoms with Gasteiger partial charge in [0.15, 0.2) is 0 Å². The third kappa shape index (κ3) is 4.76. The van der Waals surface area contributed by atoms with Crippen LogP contribution in [0, 0.1) is 0 Å². The molecule has 138 valence electrons. The van der Waals surface area contributed by atoms with E-state index in [0.29, 0.717) is 13.1 Å². The Morgan fingerprint density at radius 3 is 2.31 bits per heavy atom. The highest BCUT2D eigenvalue weighted by atomic mass is 16.5. The van der Waals surface area contributed by atoms with Gasteiger partial charge in [-0.05, 0) is 29.8 Å². The lowest BCUT2D eigenvalue weighted by molar-refractivity contribution is -0.128. The van der Waals surface area contributed by atoms with Crippen molar-refractivity contribution in [2.24, 2.45) is 0 Å². The molecule has 1 amide bonds. The third-order valence-corrected chi connectivity index (χ3v) is 4.73. The molecule has 5 heteroatoms. The van der Waals surface area contributed by atoms with Gasteiger partial charge in [0.05, 0.1) is 19.8 Å². The molecule has 0 unspecified atom stereocenters. The summed E-state index contributed by atoms with van der Waals surface area (Å²) in [7, 11) is 3.80. The Labute approximate surface area is 155 Å². The number of amides is 1. The highest BCUT2D eigenvalue weighted by Gasteiger charge is 2.14. The monoisotopic (exact) mass is 353 g/mol. The molecule has 1 aliphatic rings. The van der Waals surface area contributed by atoms with Crippen LogP contribution in [0.5, 0.6) is 0 Å². The normalized spacial score (nSPS) is 14.2. The maximum Gasteiger partial charge on any atom is 0.242 e. The molecule has 0 bridgehead atoms. The van der Waals surface area contributed by atoms with Crippen LogP contribution in [0.2, 0.25) is 0 Å². The summed E-state index contributed by atoms with van der Waals surface area (Å²) in [6, 6.07) is 18.4. The molecule has 0 radical (unpaired) electrons. The van der Waals surface area contributed by atoms with Gasteiger partial charge in [-0.3, -0.25) is 4.79 Å². The highest BCUT2D eigenvalue weighted by Crippen LogP contribution is 2.17. The van der Waals surface area contributed by atoms with Crippen LogP contribution in [-0.4, -0.2) is 57.8 Å². The molecular formula is C21H27N3O2. The second kappa shape index (κ2) is 8.72. The van der Waals surface area contributed by atoms with Gasteiger partial charge >= 0.3 is 0 Å². The molecule has 2 aromatic rings. The minimum absolute atomic E-state index is 0.105. The SMILES string of the molecule is CN(Cc1ccc(N2CCOCC2)cc1)C(=O)CN(C)c1ccccc1. The van der Waals surface area contributed by atoms with Gasteiger partial charge in [0.2, 0.25) is 5.91 Å². The Kier molecular flexibility index (Phi) is 6.12. The van der Waals surface area contributed by atoms with Gasteiger partial charge in [0.25, 0.3) is 0 Å². The zero-order valence-electron chi connectivity index (χ0n) is 15.6. The maximum atomic E-state index is 12.5. The molecule has 26 heavy (non-hydrogen) atoms. The lowest BCUT2D eigenvalue weighted by Gasteiger charge is -2.29. The van der Waals surface area contributed by atoms with Crippen LogP contribution in [0.3, 0.4) is 0 Å². The second-order valence-corrected chi connectivity index (χ2v) is 6.71. The molecule has 1 fully saturated rings. The largest absolute Gasteiger partial charge is 0.378 e. The molecule has 2 aromatic carbocycles. The van der Waals surface area contributed by atoms with E-state index in [0.717, 1.165) is 37.6 Å². The van der Waals surface area contributed by atoms with Crippen molar-refractivity contribution in [3.05, 3.63) is 60.2 Å². The molecular weight excluding hydrogens is 326 g/mol. The number of para-hydroxylation sites is 1. The summed E-state index contributed by atoms with van der Waals surface area (Å²) in [4.78, 5) is 18.6. The number of morpholine rings is 1. The molecule has 0 spiro atoms. The van der Waals surface area contributed by atoms with Gasteiger partial charge in [-0.15, -0.1) is 0 Å². The van der Waals surface area contributed by atoms with Crippen molar-refractivity contribution >= 4 is 17.3 Å². The van der Waals surface area contributed by atoms with Gasteiger partial charge in [-0.1, -0.05) is 30.3 Å². The molecule has 0 aromatic heterocycles. The van der Waals surface area contributed by atoms with Gasteiger partial charge in [-0.25, -0.2) is 0 Å². The van der Waals surface area contributed by atoms with Gasteiger partial charge in [-0.2, -0.15) is 0 Å². The minimum Gasteiger partial charge on any atom is -0.378 e. The first-order valence-corrected chi connectivity index (χ1v) is 9.05. The Morgan fingerprint density at radius 1 is 1.00 bits per heavy atom. The zero-order valence-corrected chi connectivity index (χ0v) is 15.6. The Balaban J connectivity index is 1.53. The van der Waals surface area contributed by atoms with Crippen molar-refractivity contribution in [2.45, 2.75) is 6.54 Å². The molecule has 0 aliphatic carbocycles. The van der Waals surface area contributed by atoms with E-state index < -0.39 is 0 Å². The van der Waals surface area contributed by atoms with Crippen molar-refractivity contribution in [2.75, 3.05) is 56.7 Å². The van der Waals surface area contributed by atoms with E-state index in [1.54, 1.807) is 4.90 Å². The van der Waals surface area contributed by atoms with Crippen LogP contribution < -0.4 is 9.80 Å². The van der Waals surface area contributed by atoms with E-state index in [9.17, 15) is 4.79 Å². The van der Waals surface area contributed by atoms with Crippen molar-refractivity contribution in [3.8, 4) is 0 Å². The van der Waals surface area contributed by atoms with Crippen molar-refractivity contribution in [1.82, 2.24) is 4.90 Å². The quantitative estimate of drug-likeness (QED) is 0.800. The number of anilines is 2. The van der Waals surface area contributed by atoms with Gasteiger partial charge in [0.1, 0.15) is 0 Å². The van der Waals surface area contributed by atoms with E-state index >= 15 is 0 Å². The summed E-state index contributed by atoms with van der Waals surface area (Å²) < 4.78 is 5.40. The smallest absolute Gasteiger partial charge is 0.242 e. The van der Waals surface area contributed by atoms with E-state index in [-0.39, 0.29) is 5.91 Å². The fourth-order valence-corrected chi connectivity index (χ4v) is 3.09. The van der Waals surface area contributed by atoms with E-state index in [1.807, 2.05) is 49.3 Å². The van der Waals surface area contributed by atoms with Crippen LogP contribution in [0.15, 0.2) is 54.6 Å². The molecule has 5 nitrogen and oxygen atoms in total. The number of hydrogen-bond acceptors (Lipinski definition) is 4. The lowest BCUT2D eigenvalue weighted by Crippen LogP contribution is -2.36. The third-order valence-electron chi connectivity index (χ3n) is 4.73. The topological polar surface area (TPSA) is 36.0 Å². The standard InChI is InChI=1S/C21H27N3O2/c1-22(19-6-4-3-5-7-19)17-21(25)23(2)16-18-8-10-20(11-9-18)24-12-14-26-15-13-24/h3-11H,12-17H2,1-2H3. The minimum atomic E-state index is 0.105. The van der Waals surface area contributed by atoms with E-state index in [4.69, 9.17) is 4.74 Å². The summed E-state index contributed by atoms with van der Waals surface area (Å²) >= 11 is 0. The number of ether oxygens (including phenoxy) is 1. The fourth-order valence-electron chi connectivity index (χ4n) is 3.09. The van der Waals surface area contributed by atoms with Crippen molar-refractivity contribution in [1.29, 1.82) is 0 Å². The Morgan fingerprint density at radius 2 is 1.65 bits per heavy atom. The predicted molar refractivity (Wildman–Crippen MR) is 106 cm³/mol. The van der Waals surface area contributed by atoms with Crippen LogP contribution in [0.4, 0.5) is 11.4 Å². The summed E-state index contributed by atoms with van der Waals surface area (Å²) in [5.41, 5.74) is 3.40. The van der Waals surface area contributed by atoms with Crippen LogP contribution in [0.1, 0.15) is 5.56 Å². The number of rotatable bonds is 6. The summed E-state index contributed by atoms with van der Waals surface area (Å²) in [5.74, 6) is 0.105. The number of carbonyl (C=O) groups is 1. The maximum absolute atomic E-state index is 12.5.